The number of carbonyl (C=O) groups excluding carboxylic acids is 1. The van der Waals surface area contributed by atoms with Crippen LogP contribution in [0.15, 0.2) is 64.2 Å². The topological polar surface area (TPSA) is 87.3 Å². The molecule has 0 spiro atoms. The minimum absolute atomic E-state index is 0.0166. The van der Waals surface area contributed by atoms with Crippen LogP contribution in [-0.4, -0.2) is 34.1 Å². The second-order valence-corrected chi connectivity index (χ2v) is 7.99. The first-order valence-corrected chi connectivity index (χ1v) is 10.7. The number of rotatable bonds is 6. The summed E-state index contributed by atoms with van der Waals surface area (Å²) in [7, 11) is 1.57. The molecule has 0 aliphatic carbocycles. The molecule has 0 saturated heterocycles. The number of fused-ring (bicyclic) bond motifs is 1. The lowest BCUT2D eigenvalue weighted by Crippen LogP contribution is -2.35. The highest BCUT2D eigenvalue weighted by Gasteiger charge is 2.35. The van der Waals surface area contributed by atoms with Gasteiger partial charge >= 0.3 is 0 Å². The summed E-state index contributed by atoms with van der Waals surface area (Å²) in [5.41, 5.74) is 1.94. The van der Waals surface area contributed by atoms with Crippen molar-refractivity contribution in [2.45, 2.75) is 26.4 Å². The van der Waals surface area contributed by atoms with Crippen molar-refractivity contribution < 1.29 is 14.3 Å². The Morgan fingerprint density at radius 3 is 2.68 bits per heavy atom. The maximum absolute atomic E-state index is 12.5. The van der Waals surface area contributed by atoms with Gasteiger partial charge in [-0.2, -0.15) is 15.1 Å². The van der Waals surface area contributed by atoms with E-state index in [-0.39, 0.29) is 17.5 Å². The van der Waals surface area contributed by atoms with Crippen LogP contribution in [0.4, 0.5) is 0 Å². The maximum Gasteiger partial charge on any atom is 0.283 e. The molecule has 2 heterocycles. The molecule has 158 valence electrons. The Balaban J connectivity index is 1.59. The lowest BCUT2D eigenvalue weighted by Gasteiger charge is -2.20. The maximum atomic E-state index is 12.5. The molecule has 0 unspecified atom stereocenters. The summed E-state index contributed by atoms with van der Waals surface area (Å²) in [6, 6.07) is 15.3. The SMILES string of the molecule is CCC1=NN2C(=N)/C(=C/c3ccc(O[C@H](C)c4ccccc4)c(OC)c3)C(=O)N=C2S1. The highest BCUT2D eigenvalue weighted by Crippen LogP contribution is 2.34. The van der Waals surface area contributed by atoms with Crippen molar-refractivity contribution in [3.05, 3.63) is 65.2 Å². The fourth-order valence-corrected chi connectivity index (χ4v) is 4.02. The molecular weight excluding hydrogens is 412 g/mol. The Morgan fingerprint density at radius 2 is 1.97 bits per heavy atom. The predicted octanol–water partition coefficient (Wildman–Crippen LogP) is 4.86. The summed E-state index contributed by atoms with van der Waals surface area (Å²) in [6.45, 7) is 3.95. The van der Waals surface area contributed by atoms with Gasteiger partial charge in [-0.3, -0.25) is 10.2 Å². The number of thioether (sulfide) groups is 1. The van der Waals surface area contributed by atoms with Crippen LogP contribution in [0.2, 0.25) is 0 Å². The van der Waals surface area contributed by atoms with Crippen molar-refractivity contribution in [1.29, 1.82) is 5.41 Å². The van der Waals surface area contributed by atoms with Crippen molar-refractivity contribution >= 4 is 39.8 Å². The molecule has 31 heavy (non-hydrogen) atoms. The zero-order chi connectivity index (χ0) is 22.0. The van der Waals surface area contributed by atoms with Crippen LogP contribution in [0.1, 0.15) is 37.5 Å². The summed E-state index contributed by atoms with van der Waals surface area (Å²) in [4.78, 5) is 16.6. The zero-order valence-electron chi connectivity index (χ0n) is 17.5. The van der Waals surface area contributed by atoms with Crippen LogP contribution >= 0.6 is 11.8 Å². The second kappa shape index (κ2) is 8.77. The first-order chi connectivity index (χ1) is 15.0. The molecule has 1 amide bonds. The number of amides is 1. The van der Waals surface area contributed by atoms with E-state index in [1.54, 1.807) is 25.3 Å². The van der Waals surface area contributed by atoms with E-state index in [1.165, 1.54) is 16.8 Å². The van der Waals surface area contributed by atoms with Gasteiger partial charge in [0.1, 0.15) is 11.1 Å². The third-order valence-electron chi connectivity index (χ3n) is 4.87. The van der Waals surface area contributed by atoms with Gasteiger partial charge in [0.25, 0.3) is 5.91 Å². The van der Waals surface area contributed by atoms with E-state index in [0.717, 1.165) is 17.0 Å². The van der Waals surface area contributed by atoms with Crippen LogP contribution in [0.5, 0.6) is 11.5 Å². The normalized spacial score (nSPS) is 17.9. The molecule has 0 bridgehead atoms. The Hall–Kier alpha value is -3.39. The van der Waals surface area contributed by atoms with E-state index >= 15 is 0 Å². The van der Waals surface area contributed by atoms with Gasteiger partial charge in [0.05, 0.1) is 12.7 Å². The fraction of sp³-hybridized carbons (Fsp3) is 0.217. The molecule has 0 radical (unpaired) electrons. The number of benzene rings is 2. The van der Waals surface area contributed by atoms with Crippen LogP contribution in [0.3, 0.4) is 0 Å². The number of nitrogens with zero attached hydrogens (tertiary/aromatic N) is 3. The average molecular weight is 435 g/mol. The van der Waals surface area contributed by atoms with Crippen molar-refractivity contribution in [2.75, 3.05) is 7.11 Å². The highest BCUT2D eigenvalue weighted by atomic mass is 32.2. The lowest BCUT2D eigenvalue weighted by atomic mass is 10.1. The first kappa shape index (κ1) is 20.9. The Bertz CT molecular complexity index is 1120. The van der Waals surface area contributed by atoms with Gasteiger partial charge in [0.2, 0.25) is 5.17 Å². The highest BCUT2D eigenvalue weighted by molar-refractivity contribution is 8.26. The third kappa shape index (κ3) is 4.25. The van der Waals surface area contributed by atoms with Gasteiger partial charge in [-0.05, 0) is 54.4 Å². The van der Waals surface area contributed by atoms with Crippen LogP contribution in [0.25, 0.3) is 6.08 Å². The van der Waals surface area contributed by atoms with Crippen LogP contribution in [-0.2, 0) is 4.79 Å². The monoisotopic (exact) mass is 434 g/mol. The number of aliphatic imine (C=N–C) groups is 1. The standard InChI is InChI=1S/C23H22N4O3S/c1-4-20-26-27-21(24)17(22(28)25-23(27)31-20)12-15-10-11-18(19(13-15)29-3)30-14(2)16-8-6-5-7-9-16/h5-14,24H,4H2,1-3H3/b17-12-,24-21?/t14-/m1/s1. The summed E-state index contributed by atoms with van der Waals surface area (Å²) in [5, 5.41) is 15.5. The average Bonchev–Trinajstić information content (AvgIpc) is 3.21. The molecule has 0 saturated carbocycles. The summed E-state index contributed by atoms with van der Waals surface area (Å²) in [6.07, 6.45) is 2.20. The van der Waals surface area contributed by atoms with E-state index < -0.39 is 5.91 Å². The van der Waals surface area contributed by atoms with Crippen LogP contribution < -0.4 is 9.47 Å². The number of amidine groups is 2. The molecule has 1 atom stereocenters. The third-order valence-corrected chi connectivity index (χ3v) is 5.92. The summed E-state index contributed by atoms with van der Waals surface area (Å²) >= 11 is 1.32. The number of nitrogens with one attached hydrogen (secondary N) is 1. The minimum atomic E-state index is -0.451. The second-order valence-electron chi connectivity index (χ2n) is 6.95. The fourth-order valence-electron chi connectivity index (χ4n) is 3.20. The zero-order valence-corrected chi connectivity index (χ0v) is 18.3. The molecule has 4 rings (SSSR count). The lowest BCUT2D eigenvalue weighted by molar-refractivity contribution is -0.114. The number of hydrazone groups is 1. The number of hydrogen-bond acceptors (Lipinski definition) is 6. The van der Waals surface area contributed by atoms with E-state index in [9.17, 15) is 4.79 Å². The molecule has 8 heteroatoms. The number of carbonyl (C=O) groups is 1. The molecule has 2 aliphatic rings. The Morgan fingerprint density at radius 1 is 1.19 bits per heavy atom. The van der Waals surface area contributed by atoms with E-state index in [0.29, 0.717) is 22.2 Å². The molecule has 0 aromatic heterocycles. The van der Waals surface area contributed by atoms with Gasteiger partial charge in [0.15, 0.2) is 17.3 Å². The first-order valence-electron chi connectivity index (χ1n) is 9.89. The summed E-state index contributed by atoms with van der Waals surface area (Å²) < 4.78 is 11.6. The van der Waals surface area contributed by atoms with Gasteiger partial charge in [-0.1, -0.05) is 43.3 Å². The van der Waals surface area contributed by atoms with E-state index in [4.69, 9.17) is 14.9 Å². The molecule has 2 aromatic carbocycles. The predicted molar refractivity (Wildman–Crippen MR) is 124 cm³/mol. The largest absolute Gasteiger partial charge is 0.493 e. The Labute approximate surface area is 185 Å². The van der Waals surface area contributed by atoms with Crippen LogP contribution in [0, 0.1) is 5.41 Å². The number of methoxy groups -OCH3 is 1. The van der Waals surface area contributed by atoms with Crippen molar-refractivity contribution in [3.8, 4) is 11.5 Å². The molecule has 1 N–H and O–H groups in total. The smallest absolute Gasteiger partial charge is 0.283 e. The minimum Gasteiger partial charge on any atom is -0.493 e. The quantitative estimate of drug-likeness (QED) is 0.656. The Kier molecular flexibility index (Phi) is 5.90. The molecule has 2 aromatic rings. The number of hydrogen-bond donors (Lipinski definition) is 1. The molecule has 0 fully saturated rings. The number of ether oxygens (including phenoxy) is 2. The van der Waals surface area contributed by atoms with Crippen molar-refractivity contribution in [3.63, 3.8) is 0 Å². The van der Waals surface area contributed by atoms with Gasteiger partial charge in [-0.25, -0.2) is 0 Å². The molecular formula is C23H22N4O3S. The van der Waals surface area contributed by atoms with E-state index in [1.807, 2.05) is 50.2 Å². The van der Waals surface area contributed by atoms with Gasteiger partial charge in [0, 0.05) is 0 Å². The van der Waals surface area contributed by atoms with Crippen molar-refractivity contribution in [2.24, 2.45) is 10.1 Å². The van der Waals surface area contributed by atoms with Gasteiger partial charge in [-0.15, -0.1) is 0 Å². The van der Waals surface area contributed by atoms with E-state index in [2.05, 4.69) is 10.1 Å². The molecule has 7 nitrogen and oxygen atoms in total. The molecule has 2 aliphatic heterocycles. The van der Waals surface area contributed by atoms with Gasteiger partial charge < -0.3 is 9.47 Å². The van der Waals surface area contributed by atoms with Crippen molar-refractivity contribution in [1.82, 2.24) is 5.01 Å². The summed E-state index contributed by atoms with van der Waals surface area (Å²) in [5.74, 6) is 0.704.